The van der Waals surface area contributed by atoms with Crippen molar-refractivity contribution < 1.29 is 19.2 Å². The molecule has 1 aromatic carbocycles. The van der Waals surface area contributed by atoms with Crippen LogP contribution in [-0.2, 0) is 9.53 Å². The number of carbonyl (C=O) groups is 2. The predicted octanol–water partition coefficient (Wildman–Crippen LogP) is 2.46. The number of nitrogens with one attached hydrogen (secondary N) is 2. The summed E-state index contributed by atoms with van der Waals surface area (Å²) >= 11 is 0. The first-order valence-corrected chi connectivity index (χ1v) is 8.23. The van der Waals surface area contributed by atoms with E-state index in [2.05, 4.69) is 20.4 Å². The molecule has 1 amide bonds. The van der Waals surface area contributed by atoms with Crippen LogP contribution in [0.3, 0.4) is 0 Å². The third kappa shape index (κ3) is 5.50. The molecule has 9 heteroatoms. The van der Waals surface area contributed by atoms with E-state index in [1.54, 1.807) is 12.3 Å². The number of hydrogen-bond donors (Lipinski definition) is 2. The van der Waals surface area contributed by atoms with E-state index in [-0.39, 0.29) is 35.9 Å². The Morgan fingerprint density at radius 1 is 1.30 bits per heavy atom. The molecule has 27 heavy (non-hydrogen) atoms. The summed E-state index contributed by atoms with van der Waals surface area (Å²) in [6.45, 7) is 1.91. The Morgan fingerprint density at radius 3 is 2.70 bits per heavy atom. The molecule has 0 saturated heterocycles. The highest BCUT2D eigenvalue weighted by molar-refractivity contribution is 5.95. The van der Waals surface area contributed by atoms with Crippen LogP contribution in [0.15, 0.2) is 42.6 Å². The number of methoxy groups -OCH3 is 1. The Kier molecular flexibility index (Phi) is 6.81. The lowest BCUT2D eigenvalue weighted by Gasteiger charge is -2.15. The second kappa shape index (κ2) is 9.27. The number of amides is 1. The van der Waals surface area contributed by atoms with E-state index in [0.29, 0.717) is 0 Å². The van der Waals surface area contributed by atoms with E-state index in [1.165, 1.54) is 25.3 Å². The van der Waals surface area contributed by atoms with Gasteiger partial charge in [-0.15, -0.1) is 0 Å². The normalized spacial score (nSPS) is 11.3. The third-order valence-electron chi connectivity index (χ3n) is 3.80. The zero-order chi connectivity index (χ0) is 19.8. The lowest BCUT2D eigenvalue weighted by Crippen LogP contribution is -2.26. The molecule has 1 heterocycles. The molecule has 0 aliphatic rings. The lowest BCUT2D eigenvalue weighted by atomic mass is 10.1. The van der Waals surface area contributed by atoms with Gasteiger partial charge in [0.05, 0.1) is 30.2 Å². The summed E-state index contributed by atoms with van der Waals surface area (Å²) in [7, 11) is 1.26. The van der Waals surface area contributed by atoms with Gasteiger partial charge in [0.1, 0.15) is 5.69 Å². The molecule has 9 nitrogen and oxygen atoms in total. The standard InChI is InChI=1S/C18H20N4O5/c1-12(14-5-3-4-9-19-14)21-15-7-6-13(11-16(15)22(25)26)18(24)20-10-8-17(23)27-2/h3-7,9,11-12,21H,8,10H2,1-2H3,(H,20,24)/t12-/m0/s1. The van der Waals surface area contributed by atoms with Gasteiger partial charge in [-0.3, -0.25) is 24.7 Å². The minimum absolute atomic E-state index is 0.0194. The maximum absolute atomic E-state index is 12.1. The fourth-order valence-corrected chi connectivity index (χ4v) is 2.37. The van der Waals surface area contributed by atoms with Gasteiger partial charge in [-0.2, -0.15) is 0 Å². The number of carbonyl (C=O) groups excluding carboxylic acids is 2. The Labute approximate surface area is 155 Å². The third-order valence-corrected chi connectivity index (χ3v) is 3.80. The van der Waals surface area contributed by atoms with Gasteiger partial charge in [-0.1, -0.05) is 6.07 Å². The molecule has 0 spiro atoms. The molecule has 1 atom stereocenters. The first-order valence-electron chi connectivity index (χ1n) is 8.23. The molecule has 2 rings (SSSR count). The summed E-state index contributed by atoms with van der Waals surface area (Å²) in [4.78, 5) is 38.3. The zero-order valence-corrected chi connectivity index (χ0v) is 15.0. The number of aromatic nitrogens is 1. The van der Waals surface area contributed by atoms with Crippen LogP contribution in [0.25, 0.3) is 0 Å². The molecule has 0 radical (unpaired) electrons. The van der Waals surface area contributed by atoms with Gasteiger partial charge in [-0.25, -0.2) is 0 Å². The van der Waals surface area contributed by atoms with Gasteiger partial charge in [-0.05, 0) is 31.2 Å². The maximum Gasteiger partial charge on any atom is 0.307 e. The first-order chi connectivity index (χ1) is 12.9. The summed E-state index contributed by atoms with van der Waals surface area (Å²) in [5.41, 5.74) is 0.918. The van der Waals surface area contributed by atoms with Gasteiger partial charge in [0.25, 0.3) is 11.6 Å². The average molecular weight is 372 g/mol. The smallest absolute Gasteiger partial charge is 0.307 e. The van der Waals surface area contributed by atoms with E-state index in [4.69, 9.17) is 0 Å². The molecular formula is C18H20N4O5. The minimum atomic E-state index is -0.557. The molecule has 0 aliphatic heterocycles. The van der Waals surface area contributed by atoms with Gasteiger partial charge < -0.3 is 15.4 Å². The van der Waals surface area contributed by atoms with Crippen LogP contribution in [-0.4, -0.2) is 35.4 Å². The summed E-state index contributed by atoms with van der Waals surface area (Å²) in [6.07, 6.45) is 1.66. The lowest BCUT2D eigenvalue weighted by molar-refractivity contribution is -0.384. The summed E-state index contributed by atoms with van der Waals surface area (Å²) in [5.74, 6) is -0.962. The van der Waals surface area contributed by atoms with Crippen LogP contribution in [0.1, 0.15) is 35.4 Å². The molecule has 0 bridgehead atoms. The van der Waals surface area contributed by atoms with Crippen molar-refractivity contribution in [1.82, 2.24) is 10.3 Å². The Hall–Kier alpha value is -3.49. The fraction of sp³-hybridized carbons (Fsp3) is 0.278. The van der Waals surface area contributed by atoms with Gasteiger partial charge in [0.15, 0.2) is 0 Å². The monoisotopic (exact) mass is 372 g/mol. The van der Waals surface area contributed by atoms with Crippen molar-refractivity contribution in [3.05, 3.63) is 64.0 Å². The van der Waals surface area contributed by atoms with E-state index in [1.807, 2.05) is 19.1 Å². The SMILES string of the molecule is COC(=O)CCNC(=O)c1ccc(N[C@@H](C)c2ccccn2)c([N+](=O)[O-])c1. The highest BCUT2D eigenvalue weighted by Crippen LogP contribution is 2.28. The van der Waals surface area contributed by atoms with Crippen LogP contribution in [0.4, 0.5) is 11.4 Å². The highest BCUT2D eigenvalue weighted by Gasteiger charge is 2.19. The number of rotatable bonds is 8. The second-order valence-electron chi connectivity index (χ2n) is 5.69. The Morgan fingerprint density at radius 2 is 2.07 bits per heavy atom. The van der Waals surface area contributed by atoms with Gasteiger partial charge in [0, 0.05) is 24.4 Å². The number of nitro groups is 1. The molecule has 0 fully saturated rings. The van der Waals surface area contributed by atoms with Gasteiger partial charge >= 0.3 is 5.97 Å². The minimum Gasteiger partial charge on any atom is -0.469 e. The van der Waals surface area contributed by atoms with Crippen molar-refractivity contribution in [3.63, 3.8) is 0 Å². The highest BCUT2D eigenvalue weighted by atomic mass is 16.6. The summed E-state index contributed by atoms with van der Waals surface area (Å²) in [5, 5.41) is 17.0. The Balaban J connectivity index is 2.13. The number of anilines is 1. The van der Waals surface area contributed by atoms with Crippen LogP contribution in [0.2, 0.25) is 0 Å². The van der Waals surface area contributed by atoms with Crippen molar-refractivity contribution in [2.45, 2.75) is 19.4 Å². The molecular weight excluding hydrogens is 352 g/mol. The molecule has 2 aromatic rings. The summed E-state index contributed by atoms with van der Waals surface area (Å²) in [6, 6.07) is 9.32. The van der Waals surface area contributed by atoms with Crippen LogP contribution >= 0.6 is 0 Å². The van der Waals surface area contributed by atoms with Crippen molar-refractivity contribution in [2.24, 2.45) is 0 Å². The number of benzene rings is 1. The van der Waals surface area contributed by atoms with E-state index >= 15 is 0 Å². The van der Waals surface area contributed by atoms with Crippen molar-refractivity contribution >= 4 is 23.3 Å². The molecule has 0 aliphatic carbocycles. The predicted molar refractivity (Wildman–Crippen MR) is 98.3 cm³/mol. The fourth-order valence-electron chi connectivity index (χ4n) is 2.37. The molecule has 2 N–H and O–H groups in total. The van der Waals surface area contributed by atoms with Crippen molar-refractivity contribution in [1.29, 1.82) is 0 Å². The van der Waals surface area contributed by atoms with Gasteiger partial charge in [0.2, 0.25) is 0 Å². The molecule has 1 aromatic heterocycles. The second-order valence-corrected chi connectivity index (χ2v) is 5.69. The zero-order valence-electron chi connectivity index (χ0n) is 15.0. The maximum atomic E-state index is 12.1. The Bertz CT molecular complexity index is 826. The van der Waals surface area contributed by atoms with E-state index in [0.717, 1.165) is 5.69 Å². The van der Waals surface area contributed by atoms with Crippen molar-refractivity contribution in [3.8, 4) is 0 Å². The number of nitrogens with zero attached hydrogens (tertiary/aromatic N) is 2. The van der Waals surface area contributed by atoms with Crippen LogP contribution < -0.4 is 10.6 Å². The summed E-state index contributed by atoms with van der Waals surface area (Å²) < 4.78 is 4.48. The number of nitro benzene ring substituents is 1. The van der Waals surface area contributed by atoms with E-state index < -0.39 is 16.8 Å². The van der Waals surface area contributed by atoms with E-state index in [9.17, 15) is 19.7 Å². The number of pyridine rings is 1. The molecule has 142 valence electrons. The number of ether oxygens (including phenoxy) is 1. The molecule has 0 saturated carbocycles. The quantitative estimate of drug-likeness (QED) is 0.414. The van der Waals surface area contributed by atoms with Crippen LogP contribution in [0.5, 0.6) is 0 Å². The van der Waals surface area contributed by atoms with Crippen molar-refractivity contribution in [2.75, 3.05) is 19.0 Å². The average Bonchev–Trinajstić information content (AvgIpc) is 2.68. The molecule has 0 unspecified atom stereocenters. The topological polar surface area (TPSA) is 123 Å². The first kappa shape index (κ1) is 19.8. The number of esters is 1. The van der Waals surface area contributed by atoms with Crippen LogP contribution in [0, 0.1) is 10.1 Å². The number of hydrogen-bond acceptors (Lipinski definition) is 7. The largest absolute Gasteiger partial charge is 0.469 e.